The number of rotatable bonds is 5. The molecule has 1 aliphatic rings. The highest BCUT2D eigenvalue weighted by molar-refractivity contribution is 9.10. The molecule has 1 aliphatic carbocycles. The lowest BCUT2D eigenvalue weighted by Gasteiger charge is -2.21. The number of nitrogens with one attached hydrogen (secondary N) is 2. The molecule has 26 heavy (non-hydrogen) atoms. The second-order valence-electron chi connectivity index (χ2n) is 6.52. The molecule has 0 radical (unpaired) electrons. The zero-order chi connectivity index (χ0) is 18.5. The normalized spacial score (nSPS) is 14.2. The third-order valence-corrected chi connectivity index (χ3v) is 5.18. The minimum Gasteiger partial charge on any atom is -0.352 e. The second-order valence-corrected chi connectivity index (χ2v) is 7.43. The van der Waals surface area contributed by atoms with Crippen LogP contribution < -0.4 is 16.4 Å². The quantitative estimate of drug-likeness (QED) is 0.687. The molecular weight excluding hydrogens is 394 g/mol. The molecule has 3 rings (SSSR count). The molecule has 6 heteroatoms. The minimum atomic E-state index is -0.650. The van der Waals surface area contributed by atoms with E-state index in [1.165, 1.54) is 17.5 Å². The first-order valence-corrected chi connectivity index (χ1v) is 9.54. The van der Waals surface area contributed by atoms with Gasteiger partial charge in [0.05, 0.1) is 12.5 Å². The van der Waals surface area contributed by atoms with Gasteiger partial charge in [0.2, 0.25) is 5.91 Å². The molecule has 0 saturated heterocycles. The van der Waals surface area contributed by atoms with Crippen molar-refractivity contribution >= 4 is 33.6 Å². The molecule has 0 aliphatic heterocycles. The lowest BCUT2D eigenvalue weighted by atomic mass is 9.90. The number of urea groups is 1. The van der Waals surface area contributed by atoms with Crippen molar-refractivity contribution in [1.29, 1.82) is 0 Å². The van der Waals surface area contributed by atoms with E-state index in [-0.39, 0.29) is 12.3 Å². The Hall–Kier alpha value is -2.34. The minimum absolute atomic E-state index is 0.119. The first-order valence-electron chi connectivity index (χ1n) is 8.75. The summed E-state index contributed by atoms with van der Waals surface area (Å²) in [5, 5.41) is 5.67. The highest BCUT2D eigenvalue weighted by atomic mass is 79.9. The number of carbonyl (C=O) groups is 2. The van der Waals surface area contributed by atoms with E-state index in [0.717, 1.165) is 35.0 Å². The monoisotopic (exact) mass is 415 g/mol. The maximum Gasteiger partial charge on any atom is 0.312 e. The van der Waals surface area contributed by atoms with Crippen LogP contribution in [0.5, 0.6) is 0 Å². The molecular formula is C20H22BrN3O2. The zero-order valence-corrected chi connectivity index (χ0v) is 16.0. The van der Waals surface area contributed by atoms with E-state index < -0.39 is 12.1 Å². The van der Waals surface area contributed by atoms with Crippen LogP contribution in [0.1, 0.15) is 42.0 Å². The van der Waals surface area contributed by atoms with Crippen molar-refractivity contribution in [2.75, 3.05) is 5.32 Å². The third kappa shape index (κ3) is 4.64. The van der Waals surface area contributed by atoms with Crippen LogP contribution in [-0.4, -0.2) is 11.9 Å². The summed E-state index contributed by atoms with van der Waals surface area (Å²) in [7, 11) is 0. The van der Waals surface area contributed by atoms with Crippen LogP contribution in [-0.2, 0) is 17.6 Å². The highest BCUT2D eigenvalue weighted by Crippen LogP contribution is 2.28. The van der Waals surface area contributed by atoms with E-state index in [1.54, 1.807) is 0 Å². The molecule has 0 unspecified atom stereocenters. The lowest BCUT2D eigenvalue weighted by molar-refractivity contribution is -0.116. The Labute approximate surface area is 161 Å². The summed E-state index contributed by atoms with van der Waals surface area (Å²) in [6, 6.07) is 12.4. The smallest absolute Gasteiger partial charge is 0.312 e. The molecule has 0 heterocycles. The van der Waals surface area contributed by atoms with Crippen molar-refractivity contribution in [2.24, 2.45) is 5.73 Å². The topological polar surface area (TPSA) is 84.2 Å². The number of primary amides is 1. The molecule has 136 valence electrons. The Kier molecular flexibility index (Phi) is 5.93. The van der Waals surface area contributed by atoms with Crippen LogP contribution in [0, 0.1) is 0 Å². The summed E-state index contributed by atoms with van der Waals surface area (Å²) in [5.74, 6) is -0.148. The van der Waals surface area contributed by atoms with Crippen LogP contribution in [0.2, 0.25) is 0 Å². The largest absolute Gasteiger partial charge is 0.352 e. The predicted octanol–water partition coefficient (Wildman–Crippen LogP) is 4.07. The summed E-state index contributed by atoms with van der Waals surface area (Å²) in [4.78, 5) is 24.0. The summed E-state index contributed by atoms with van der Waals surface area (Å²) < 4.78 is 0.930. The molecule has 2 aromatic rings. The predicted molar refractivity (Wildman–Crippen MR) is 106 cm³/mol. The van der Waals surface area contributed by atoms with Crippen LogP contribution >= 0.6 is 15.9 Å². The fourth-order valence-electron chi connectivity index (χ4n) is 3.40. The Morgan fingerprint density at radius 2 is 1.81 bits per heavy atom. The van der Waals surface area contributed by atoms with Gasteiger partial charge in [0, 0.05) is 10.2 Å². The van der Waals surface area contributed by atoms with E-state index in [1.807, 2.05) is 36.4 Å². The number of hydrogen-bond acceptors (Lipinski definition) is 2. The zero-order valence-electron chi connectivity index (χ0n) is 14.4. The van der Waals surface area contributed by atoms with Gasteiger partial charge >= 0.3 is 6.03 Å². The number of halogens is 1. The van der Waals surface area contributed by atoms with Gasteiger partial charge in [-0.3, -0.25) is 4.79 Å². The number of hydrogen-bond donors (Lipinski definition) is 3. The van der Waals surface area contributed by atoms with Gasteiger partial charge in [0.1, 0.15) is 0 Å². The number of nitrogens with two attached hydrogens (primary N) is 1. The Balaban J connectivity index is 1.74. The Bertz CT molecular complexity index is 805. The van der Waals surface area contributed by atoms with Crippen LogP contribution in [0.15, 0.2) is 46.9 Å². The number of benzene rings is 2. The molecule has 5 nitrogen and oxygen atoms in total. The van der Waals surface area contributed by atoms with Gasteiger partial charge in [-0.25, -0.2) is 4.79 Å². The van der Waals surface area contributed by atoms with Crippen molar-refractivity contribution in [1.82, 2.24) is 5.32 Å². The molecule has 0 fully saturated rings. The standard InChI is InChI=1S/C20H22BrN3O2/c21-15-10-8-14(9-11-15)18(24-20(22)26)12-19(25)23-17-7-3-5-13-4-1-2-6-16(13)17/h3,5,7-11,18H,1-2,4,6,12H2,(H,23,25)(H3,22,24,26)/t18-/m0/s1. The van der Waals surface area contributed by atoms with Crippen LogP contribution in [0.3, 0.4) is 0 Å². The van der Waals surface area contributed by atoms with Gasteiger partial charge in [-0.05, 0) is 60.6 Å². The van der Waals surface area contributed by atoms with Gasteiger partial charge in [-0.1, -0.05) is 40.2 Å². The first-order chi connectivity index (χ1) is 12.5. The molecule has 3 amide bonds. The van der Waals surface area contributed by atoms with Crippen molar-refractivity contribution in [3.8, 4) is 0 Å². The first kappa shape index (κ1) is 18.5. The van der Waals surface area contributed by atoms with E-state index in [2.05, 4.69) is 32.6 Å². The number of aryl methyl sites for hydroxylation is 1. The Morgan fingerprint density at radius 3 is 2.54 bits per heavy atom. The van der Waals surface area contributed by atoms with Crippen LogP contribution in [0.4, 0.5) is 10.5 Å². The number of fused-ring (bicyclic) bond motifs is 1. The highest BCUT2D eigenvalue weighted by Gasteiger charge is 2.19. The maximum atomic E-state index is 12.6. The van der Waals surface area contributed by atoms with Gasteiger partial charge in [-0.2, -0.15) is 0 Å². The van der Waals surface area contributed by atoms with E-state index in [4.69, 9.17) is 5.73 Å². The number of carbonyl (C=O) groups excluding carboxylic acids is 2. The van der Waals surface area contributed by atoms with Gasteiger partial charge in [-0.15, -0.1) is 0 Å². The average Bonchev–Trinajstić information content (AvgIpc) is 2.62. The molecule has 0 aromatic heterocycles. The second kappa shape index (κ2) is 8.36. The SMILES string of the molecule is NC(=O)N[C@@H](CC(=O)Nc1cccc2c1CCCC2)c1ccc(Br)cc1. The molecule has 0 saturated carbocycles. The van der Waals surface area contributed by atoms with Crippen LogP contribution in [0.25, 0.3) is 0 Å². The van der Waals surface area contributed by atoms with Crippen molar-refractivity contribution in [3.63, 3.8) is 0 Å². The van der Waals surface area contributed by atoms with E-state index in [9.17, 15) is 9.59 Å². The average molecular weight is 416 g/mol. The van der Waals surface area contributed by atoms with E-state index in [0.29, 0.717) is 0 Å². The molecule has 2 aromatic carbocycles. The summed E-state index contributed by atoms with van der Waals surface area (Å²) in [6.07, 6.45) is 4.50. The number of amides is 3. The van der Waals surface area contributed by atoms with E-state index >= 15 is 0 Å². The number of anilines is 1. The summed E-state index contributed by atoms with van der Waals surface area (Å²) in [6.45, 7) is 0. The van der Waals surface area contributed by atoms with Gasteiger partial charge < -0.3 is 16.4 Å². The van der Waals surface area contributed by atoms with Gasteiger partial charge in [0.15, 0.2) is 0 Å². The third-order valence-electron chi connectivity index (χ3n) is 4.65. The molecule has 0 spiro atoms. The molecule has 0 bridgehead atoms. The fourth-order valence-corrected chi connectivity index (χ4v) is 3.67. The maximum absolute atomic E-state index is 12.6. The Morgan fingerprint density at radius 1 is 1.08 bits per heavy atom. The van der Waals surface area contributed by atoms with Gasteiger partial charge in [0.25, 0.3) is 0 Å². The molecule has 4 N–H and O–H groups in total. The van der Waals surface area contributed by atoms with Crippen molar-refractivity contribution in [2.45, 2.75) is 38.1 Å². The lowest BCUT2D eigenvalue weighted by Crippen LogP contribution is -2.35. The summed E-state index contributed by atoms with van der Waals surface area (Å²) in [5.41, 5.74) is 9.54. The molecule has 1 atom stereocenters. The fraction of sp³-hybridized carbons (Fsp3) is 0.300. The van der Waals surface area contributed by atoms with Crippen molar-refractivity contribution < 1.29 is 9.59 Å². The summed E-state index contributed by atoms with van der Waals surface area (Å²) >= 11 is 3.38. The van der Waals surface area contributed by atoms with Crippen molar-refractivity contribution in [3.05, 3.63) is 63.6 Å².